The SMILES string of the molecule is CC(C)(c1ccccc1F)C(N)C(=O)O. The standard InChI is InChI=1S/C11H14FNO2/c1-11(2,9(13)10(14)15)7-5-3-4-6-8(7)12/h3-6,9H,13H2,1-2H3,(H,14,15). The Hall–Kier alpha value is -1.42. The van der Waals surface area contributed by atoms with Gasteiger partial charge < -0.3 is 10.8 Å². The molecule has 0 saturated heterocycles. The Morgan fingerprint density at radius 2 is 2.00 bits per heavy atom. The molecular weight excluding hydrogens is 197 g/mol. The Balaban J connectivity index is 3.16. The molecule has 3 N–H and O–H groups in total. The molecule has 0 heterocycles. The van der Waals surface area contributed by atoms with E-state index < -0.39 is 23.2 Å². The molecule has 0 spiro atoms. The maximum atomic E-state index is 13.5. The Labute approximate surface area is 87.7 Å². The lowest BCUT2D eigenvalue weighted by atomic mass is 9.78. The molecule has 0 bridgehead atoms. The number of carboxylic acids is 1. The van der Waals surface area contributed by atoms with Gasteiger partial charge in [-0.25, -0.2) is 4.39 Å². The lowest BCUT2D eigenvalue weighted by molar-refractivity contribution is -0.140. The number of carbonyl (C=O) groups is 1. The Kier molecular flexibility index (Phi) is 3.09. The fraction of sp³-hybridized carbons (Fsp3) is 0.364. The molecule has 1 aromatic carbocycles. The molecule has 0 aliphatic heterocycles. The summed E-state index contributed by atoms with van der Waals surface area (Å²) in [7, 11) is 0. The first-order valence-electron chi connectivity index (χ1n) is 4.60. The lowest BCUT2D eigenvalue weighted by Crippen LogP contribution is -2.47. The predicted molar refractivity (Wildman–Crippen MR) is 55.0 cm³/mol. The van der Waals surface area contributed by atoms with Gasteiger partial charge in [0.05, 0.1) is 0 Å². The number of hydrogen-bond acceptors (Lipinski definition) is 2. The fourth-order valence-corrected chi connectivity index (χ4v) is 1.46. The van der Waals surface area contributed by atoms with Crippen LogP contribution in [0, 0.1) is 5.82 Å². The maximum Gasteiger partial charge on any atom is 0.321 e. The van der Waals surface area contributed by atoms with Crippen LogP contribution in [0.25, 0.3) is 0 Å². The molecule has 82 valence electrons. The Morgan fingerprint density at radius 3 is 2.47 bits per heavy atom. The van der Waals surface area contributed by atoms with Gasteiger partial charge in [-0.3, -0.25) is 4.79 Å². The van der Waals surface area contributed by atoms with E-state index in [-0.39, 0.29) is 0 Å². The second-order valence-corrected chi connectivity index (χ2v) is 4.02. The van der Waals surface area contributed by atoms with Crippen LogP contribution in [0.1, 0.15) is 19.4 Å². The minimum absolute atomic E-state index is 0.319. The van der Waals surface area contributed by atoms with Gasteiger partial charge >= 0.3 is 5.97 Å². The molecule has 1 unspecified atom stereocenters. The first-order chi connectivity index (χ1) is 6.87. The molecule has 15 heavy (non-hydrogen) atoms. The van der Waals surface area contributed by atoms with Gasteiger partial charge in [-0.15, -0.1) is 0 Å². The van der Waals surface area contributed by atoms with Crippen LogP contribution >= 0.6 is 0 Å². The van der Waals surface area contributed by atoms with Gasteiger partial charge in [-0.2, -0.15) is 0 Å². The summed E-state index contributed by atoms with van der Waals surface area (Å²) in [6.07, 6.45) is 0. The number of nitrogens with two attached hydrogens (primary N) is 1. The summed E-state index contributed by atoms with van der Waals surface area (Å²) < 4.78 is 13.5. The van der Waals surface area contributed by atoms with E-state index in [1.807, 2.05) is 0 Å². The molecule has 0 fully saturated rings. The van der Waals surface area contributed by atoms with E-state index in [2.05, 4.69) is 0 Å². The molecule has 0 aliphatic carbocycles. The first kappa shape index (κ1) is 11.7. The summed E-state index contributed by atoms with van der Waals surface area (Å²) in [5, 5.41) is 8.82. The second-order valence-electron chi connectivity index (χ2n) is 4.02. The van der Waals surface area contributed by atoms with Crippen LogP contribution in [0.4, 0.5) is 4.39 Å². The van der Waals surface area contributed by atoms with E-state index in [0.29, 0.717) is 5.56 Å². The number of hydrogen-bond donors (Lipinski definition) is 2. The van der Waals surface area contributed by atoms with Gasteiger partial charge in [0.2, 0.25) is 0 Å². The summed E-state index contributed by atoms with van der Waals surface area (Å²) in [5.41, 5.74) is 4.91. The minimum atomic E-state index is -1.14. The highest BCUT2D eigenvalue weighted by molar-refractivity contribution is 5.75. The van der Waals surface area contributed by atoms with Crippen LogP contribution in [0.5, 0.6) is 0 Å². The first-order valence-corrected chi connectivity index (χ1v) is 4.60. The molecule has 0 saturated carbocycles. The average molecular weight is 211 g/mol. The van der Waals surface area contributed by atoms with E-state index in [9.17, 15) is 9.18 Å². The smallest absolute Gasteiger partial charge is 0.321 e. The fourth-order valence-electron chi connectivity index (χ4n) is 1.46. The molecule has 0 aromatic heterocycles. The summed E-state index contributed by atoms with van der Waals surface area (Å²) >= 11 is 0. The highest BCUT2D eigenvalue weighted by Crippen LogP contribution is 2.28. The highest BCUT2D eigenvalue weighted by atomic mass is 19.1. The van der Waals surface area contributed by atoms with Gasteiger partial charge in [0.15, 0.2) is 0 Å². The Morgan fingerprint density at radius 1 is 1.47 bits per heavy atom. The van der Waals surface area contributed by atoms with Gasteiger partial charge in [0, 0.05) is 5.41 Å². The van der Waals surface area contributed by atoms with Crippen LogP contribution in [-0.2, 0) is 10.2 Å². The number of halogens is 1. The number of aliphatic carboxylic acids is 1. The molecule has 0 radical (unpaired) electrons. The van der Waals surface area contributed by atoms with Crippen LogP contribution in [0.2, 0.25) is 0 Å². The zero-order chi connectivity index (χ0) is 11.6. The molecule has 3 nitrogen and oxygen atoms in total. The number of rotatable bonds is 3. The third-order valence-corrected chi connectivity index (χ3v) is 2.61. The van der Waals surface area contributed by atoms with Crippen LogP contribution in [0.15, 0.2) is 24.3 Å². The zero-order valence-electron chi connectivity index (χ0n) is 8.70. The van der Waals surface area contributed by atoms with Gasteiger partial charge in [0.25, 0.3) is 0 Å². The quantitative estimate of drug-likeness (QED) is 0.796. The van der Waals surface area contributed by atoms with Crippen molar-refractivity contribution in [1.82, 2.24) is 0 Å². The molecule has 1 rings (SSSR count). The molecule has 1 aromatic rings. The van der Waals surface area contributed by atoms with Crippen molar-refractivity contribution in [2.24, 2.45) is 5.73 Å². The maximum absolute atomic E-state index is 13.5. The van der Waals surface area contributed by atoms with E-state index >= 15 is 0 Å². The summed E-state index contributed by atoms with van der Waals surface area (Å²) in [4.78, 5) is 10.8. The van der Waals surface area contributed by atoms with Crippen molar-refractivity contribution >= 4 is 5.97 Å². The number of benzene rings is 1. The van der Waals surface area contributed by atoms with E-state index in [1.54, 1.807) is 32.0 Å². The van der Waals surface area contributed by atoms with Crippen molar-refractivity contribution in [3.63, 3.8) is 0 Å². The van der Waals surface area contributed by atoms with Crippen LogP contribution in [0.3, 0.4) is 0 Å². The minimum Gasteiger partial charge on any atom is -0.480 e. The van der Waals surface area contributed by atoms with E-state index in [0.717, 1.165) is 0 Å². The lowest BCUT2D eigenvalue weighted by Gasteiger charge is -2.29. The largest absolute Gasteiger partial charge is 0.480 e. The van der Waals surface area contributed by atoms with Crippen molar-refractivity contribution in [1.29, 1.82) is 0 Å². The van der Waals surface area contributed by atoms with Gasteiger partial charge in [-0.05, 0) is 11.6 Å². The molecule has 0 aliphatic rings. The van der Waals surface area contributed by atoms with E-state index in [4.69, 9.17) is 10.8 Å². The predicted octanol–water partition coefficient (Wildman–Crippen LogP) is 1.52. The summed E-state index contributed by atoms with van der Waals surface area (Å²) in [6, 6.07) is 4.94. The molecule has 0 amide bonds. The third kappa shape index (κ3) is 2.15. The summed E-state index contributed by atoms with van der Waals surface area (Å²) in [6.45, 7) is 3.23. The zero-order valence-corrected chi connectivity index (χ0v) is 8.70. The van der Waals surface area contributed by atoms with Gasteiger partial charge in [-0.1, -0.05) is 32.0 Å². The molecular formula is C11H14FNO2. The monoisotopic (exact) mass is 211 g/mol. The Bertz CT molecular complexity index is 377. The van der Waals surface area contributed by atoms with Crippen molar-refractivity contribution in [3.8, 4) is 0 Å². The normalized spacial score (nSPS) is 13.6. The highest BCUT2D eigenvalue weighted by Gasteiger charge is 2.35. The van der Waals surface area contributed by atoms with Crippen molar-refractivity contribution < 1.29 is 14.3 Å². The van der Waals surface area contributed by atoms with Crippen LogP contribution in [-0.4, -0.2) is 17.1 Å². The van der Waals surface area contributed by atoms with Crippen molar-refractivity contribution in [3.05, 3.63) is 35.6 Å². The van der Waals surface area contributed by atoms with Crippen molar-refractivity contribution in [2.45, 2.75) is 25.3 Å². The molecule has 4 heteroatoms. The average Bonchev–Trinajstić information content (AvgIpc) is 2.16. The summed E-state index contributed by atoms with van der Waals surface area (Å²) in [5.74, 6) is -1.57. The number of carboxylic acid groups (broad SMARTS) is 1. The molecule has 1 atom stereocenters. The van der Waals surface area contributed by atoms with E-state index in [1.165, 1.54) is 6.07 Å². The van der Waals surface area contributed by atoms with Gasteiger partial charge in [0.1, 0.15) is 11.9 Å². The second kappa shape index (κ2) is 3.98. The topological polar surface area (TPSA) is 63.3 Å². The van der Waals surface area contributed by atoms with Crippen LogP contribution < -0.4 is 5.73 Å². The van der Waals surface area contributed by atoms with Crippen molar-refractivity contribution in [2.75, 3.05) is 0 Å². The third-order valence-electron chi connectivity index (χ3n) is 2.61.